The SMILES string of the molecule is CCC(N)c1ccc(Br)nc1C. The van der Waals surface area contributed by atoms with E-state index in [1.807, 2.05) is 19.1 Å². The van der Waals surface area contributed by atoms with Crippen molar-refractivity contribution in [1.29, 1.82) is 0 Å². The summed E-state index contributed by atoms with van der Waals surface area (Å²) in [7, 11) is 0. The fourth-order valence-corrected chi connectivity index (χ4v) is 1.55. The van der Waals surface area contributed by atoms with Gasteiger partial charge in [0.15, 0.2) is 0 Å². The first-order valence-corrected chi connectivity index (χ1v) is 4.83. The Bertz CT molecular complexity index is 273. The van der Waals surface area contributed by atoms with E-state index in [2.05, 4.69) is 27.8 Å². The number of nitrogens with two attached hydrogens (primary N) is 1. The molecule has 1 aromatic heterocycles. The van der Waals surface area contributed by atoms with Gasteiger partial charge in [0.2, 0.25) is 0 Å². The molecule has 0 aliphatic carbocycles. The van der Waals surface area contributed by atoms with Gasteiger partial charge in [0.05, 0.1) is 0 Å². The molecule has 3 heteroatoms. The van der Waals surface area contributed by atoms with Gasteiger partial charge < -0.3 is 5.73 Å². The first-order chi connectivity index (χ1) is 5.65. The largest absolute Gasteiger partial charge is 0.324 e. The van der Waals surface area contributed by atoms with Gasteiger partial charge in [0.25, 0.3) is 0 Å². The van der Waals surface area contributed by atoms with Gasteiger partial charge in [-0.25, -0.2) is 4.98 Å². The van der Waals surface area contributed by atoms with Crippen LogP contribution in [-0.4, -0.2) is 4.98 Å². The summed E-state index contributed by atoms with van der Waals surface area (Å²) in [6.07, 6.45) is 0.949. The molecule has 0 saturated heterocycles. The van der Waals surface area contributed by atoms with Crippen LogP contribution in [0.3, 0.4) is 0 Å². The minimum absolute atomic E-state index is 0.116. The number of halogens is 1. The quantitative estimate of drug-likeness (QED) is 0.791. The van der Waals surface area contributed by atoms with Gasteiger partial charge in [-0.1, -0.05) is 13.0 Å². The number of aryl methyl sites for hydroxylation is 1. The highest BCUT2D eigenvalue weighted by Crippen LogP contribution is 2.18. The molecule has 1 aromatic rings. The molecule has 0 fully saturated rings. The zero-order valence-electron chi connectivity index (χ0n) is 7.34. The Morgan fingerprint density at radius 1 is 1.58 bits per heavy atom. The number of aromatic nitrogens is 1. The number of rotatable bonds is 2. The zero-order chi connectivity index (χ0) is 9.14. The molecular formula is C9H13BrN2. The molecule has 0 aliphatic heterocycles. The van der Waals surface area contributed by atoms with Crippen molar-refractivity contribution in [3.05, 3.63) is 28.0 Å². The smallest absolute Gasteiger partial charge is 0.106 e. The normalized spacial score (nSPS) is 13.0. The standard InChI is InChI=1S/C9H13BrN2/c1-3-8(11)7-4-5-9(10)12-6(7)2/h4-5,8H,3,11H2,1-2H3. The minimum atomic E-state index is 0.116. The molecule has 66 valence electrons. The van der Waals surface area contributed by atoms with E-state index in [1.54, 1.807) is 0 Å². The molecule has 0 aliphatic rings. The summed E-state index contributed by atoms with van der Waals surface area (Å²) in [5, 5.41) is 0. The van der Waals surface area contributed by atoms with Gasteiger partial charge in [-0.2, -0.15) is 0 Å². The summed E-state index contributed by atoms with van der Waals surface area (Å²) in [4.78, 5) is 4.28. The molecule has 0 aromatic carbocycles. The van der Waals surface area contributed by atoms with Gasteiger partial charge in [0.1, 0.15) is 4.60 Å². The van der Waals surface area contributed by atoms with Crippen molar-refractivity contribution in [3.63, 3.8) is 0 Å². The van der Waals surface area contributed by atoms with E-state index in [-0.39, 0.29) is 6.04 Å². The van der Waals surface area contributed by atoms with E-state index in [0.717, 1.165) is 22.3 Å². The van der Waals surface area contributed by atoms with Gasteiger partial charge in [-0.15, -0.1) is 0 Å². The van der Waals surface area contributed by atoms with Crippen molar-refractivity contribution >= 4 is 15.9 Å². The van der Waals surface area contributed by atoms with Gasteiger partial charge >= 0.3 is 0 Å². The van der Waals surface area contributed by atoms with Crippen LogP contribution in [0.2, 0.25) is 0 Å². The highest BCUT2D eigenvalue weighted by molar-refractivity contribution is 9.10. The molecule has 1 atom stereocenters. The number of pyridine rings is 1. The lowest BCUT2D eigenvalue weighted by molar-refractivity contribution is 0.688. The zero-order valence-corrected chi connectivity index (χ0v) is 8.93. The molecule has 12 heavy (non-hydrogen) atoms. The molecule has 2 nitrogen and oxygen atoms in total. The Hall–Kier alpha value is -0.410. The maximum atomic E-state index is 5.89. The maximum absolute atomic E-state index is 5.89. The third-order valence-corrected chi connectivity index (χ3v) is 2.37. The van der Waals surface area contributed by atoms with Crippen LogP contribution in [0.4, 0.5) is 0 Å². The van der Waals surface area contributed by atoms with E-state index in [4.69, 9.17) is 5.73 Å². The Kier molecular flexibility index (Phi) is 3.23. The summed E-state index contributed by atoms with van der Waals surface area (Å²) in [6, 6.07) is 4.07. The molecule has 0 amide bonds. The average molecular weight is 229 g/mol. The van der Waals surface area contributed by atoms with Crippen molar-refractivity contribution in [2.24, 2.45) is 5.73 Å². The van der Waals surface area contributed by atoms with E-state index in [1.165, 1.54) is 0 Å². The third-order valence-electron chi connectivity index (χ3n) is 1.93. The second kappa shape index (κ2) is 4.01. The Labute approximate surface area is 81.3 Å². The molecule has 0 spiro atoms. The topological polar surface area (TPSA) is 38.9 Å². The van der Waals surface area contributed by atoms with Crippen LogP contribution in [0, 0.1) is 6.92 Å². The third kappa shape index (κ3) is 2.05. The van der Waals surface area contributed by atoms with Crippen molar-refractivity contribution in [2.75, 3.05) is 0 Å². The molecule has 0 bridgehead atoms. The molecule has 2 N–H and O–H groups in total. The van der Waals surface area contributed by atoms with Crippen LogP contribution in [0.25, 0.3) is 0 Å². The lowest BCUT2D eigenvalue weighted by Crippen LogP contribution is -2.10. The molecule has 1 rings (SSSR count). The van der Waals surface area contributed by atoms with Crippen molar-refractivity contribution < 1.29 is 0 Å². The van der Waals surface area contributed by atoms with Crippen molar-refractivity contribution in [1.82, 2.24) is 4.98 Å². The van der Waals surface area contributed by atoms with E-state index in [0.29, 0.717) is 0 Å². The second-order valence-electron chi connectivity index (χ2n) is 2.82. The predicted molar refractivity (Wildman–Crippen MR) is 53.9 cm³/mol. The van der Waals surface area contributed by atoms with Crippen LogP contribution in [0.1, 0.15) is 30.6 Å². The van der Waals surface area contributed by atoms with E-state index in [9.17, 15) is 0 Å². The van der Waals surface area contributed by atoms with Gasteiger partial charge in [-0.3, -0.25) is 0 Å². The number of hydrogen-bond donors (Lipinski definition) is 1. The summed E-state index contributed by atoms with van der Waals surface area (Å²) >= 11 is 3.32. The van der Waals surface area contributed by atoms with E-state index >= 15 is 0 Å². The predicted octanol–water partition coefficient (Wildman–Crippen LogP) is 2.56. The molecule has 1 heterocycles. The van der Waals surface area contributed by atoms with Crippen LogP contribution in [0.5, 0.6) is 0 Å². The Morgan fingerprint density at radius 2 is 2.25 bits per heavy atom. The van der Waals surface area contributed by atoms with E-state index < -0.39 is 0 Å². The van der Waals surface area contributed by atoms with Gasteiger partial charge in [-0.05, 0) is 40.9 Å². The second-order valence-corrected chi connectivity index (χ2v) is 3.64. The molecular weight excluding hydrogens is 216 g/mol. The van der Waals surface area contributed by atoms with Crippen LogP contribution in [-0.2, 0) is 0 Å². The molecule has 0 radical (unpaired) electrons. The fourth-order valence-electron chi connectivity index (χ4n) is 1.15. The lowest BCUT2D eigenvalue weighted by atomic mass is 10.0. The first-order valence-electron chi connectivity index (χ1n) is 4.03. The van der Waals surface area contributed by atoms with Crippen molar-refractivity contribution in [3.8, 4) is 0 Å². The lowest BCUT2D eigenvalue weighted by Gasteiger charge is -2.11. The summed E-state index contributed by atoms with van der Waals surface area (Å²) in [5.41, 5.74) is 8.04. The Morgan fingerprint density at radius 3 is 2.75 bits per heavy atom. The summed E-state index contributed by atoms with van der Waals surface area (Å²) in [5.74, 6) is 0. The Balaban J connectivity index is 3.01. The monoisotopic (exact) mass is 228 g/mol. The molecule has 1 unspecified atom stereocenters. The highest BCUT2D eigenvalue weighted by atomic mass is 79.9. The minimum Gasteiger partial charge on any atom is -0.324 e. The average Bonchev–Trinajstić information content (AvgIpc) is 2.03. The number of hydrogen-bond acceptors (Lipinski definition) is 2. The number of nitrogens with zero attached hydrogens (tertiary/aromatic N) is 1. The van der Waals surface area contributed by atoms with Crippen molar-refractivity contribution in [2.45, 2.75) is 26.3 Å². The summed E-state index contributed by atoms with van der Waals surface area (Å²) in [6.45, 7) is 4.06. The van der Waals surface area contributed by atoms with Crippen LogP contribution in [0.15, 0.2) is 16.7 Å². The highest BCUT2D eigenvalue weighted by Gasteiger charge is 2.06. The molecule has 0 saturated carbocycles. The van der Waals surface area contributed by atoms with Crippen LogP contribution < -0.4 is 5.73 Å². The first kappa shape index (κ1) is 9.68. The summed E-state index contributed by atoms with van der Waals surface area (Å²) < 4.78 is 0.868. The fraction of sp³-hybridized carbons (Fsp3) is 0.444. The maximum Gasteiger partial charge on any atom is 0.106 e. The van der Waals surface area contributed by atoms with Crippen LogP contribution >= 0.6 is 15.9 Å². The van der Waals surface area contributed by atoms with Gasteiger partial charge in [0, 0.05) is 11.7 Å².